The van der Waals surface area contributed by atoms with Gasteiger partial charge in [-0.3, -0.25) is 24.6 Å². The Morgan fingerprint density at radius 2 is 1.81 bits per heavy atom. The number of hydrogen-bond donors (Lipinski definition) is 1. The molecule has 1 fully saturated rings. The predicted octanol–water partition coefficient (Wildman–Crippen LogP) is 6.05. The van der Waals surface area contributed by atoms with Gasteiger partial charge in [0.25, 0.3) is 11.5 Å². The number of nitro benzene ring substituents is 1. The van der Waals surface area contributed by atoms with Gasteiger partial charge in [0.05, 0.1) is 26.8 Å². The summed E-state index contributed by atoms with van der Waals surface area (Å²) in [4.78, 5) is 43.1. The summed E-state index contributed by atoms with van der Waals surface area (Å²) in [6, 6.07) is 16.5. The van der Waals surface area contributed by atoms with Gasteiger partial charge in [0.15, 0.2) is 5.13 Å². The van der Waals surface area contributed by atoms with E-state index in [-0.39, 0.29) is 17.0 Å². The molecular weight excluding hydrogens is 502 g/mol. The highest BCUT2D eigenvalue weighted by Crippen LogP contribution is 2.44. The molecule has 8 nitrogen and oxygen atoms in total. The number of fused-ring (bicyclic) bond motifs is 1. The van der Waals surface area contributed by atoms with E-state index in [0.717, 1.165) is 16.7 Å². The van der Waals surface area contributed by atoms with Crippen LogP contribution in [0, 0.1) is 10.1 Å². The summed E-state index contributed by atoms with van der Waals surface area (Å²) >= 11 is 7.23. The lowest BCUT2D eigenvalue weighted by atomic mass is 9.95. The number of nitrogens with zero attached hydrogens (tertiary/aromatic N) is 3. The van der Waals surface area contributed by atoms with Crippen LogP contribution in [0.15, 0.2) is 72.3 Å². The van der Waals surface area contributed by atoms with Crippen molar-refractivity contribution in [2.24, 2.45) is 0 Å². The molecule has 0 radical (unpaired) electrons. The maximum absolute atomic E-state index is 13.3. The smallest absolute Gasteiger partial charge is 0.301 e. The molecule has 1 aliphatic rings. The molecule has 0 saturated carbocycles. The molecule has 0 bridgehead atoms. The molecule has 2 heterocycles. The highest BCUT2D eigenvalue weighted by molar-refractivity contribution is 7.22. The van der Waals surface area contributed by atoms with Gasteiger partial charge in [-0.05, 0) is 66.1 Å². The first-order valence-corrected chi connectivity index (χ1v) is 12.2. The largest absolute Gasteiger partial charge is 0.507 e. The van der Waals surface area contributed by atoms with Crippen molar-refractivity contribution >= 4 is 61.4 Å². The van der Waals surface area contributed by atoms with Crippen molar-refractivity contribution in [2.75, 3.05) is 4.90 Å². The summed E-state index contributed by atoms with van der Waals surface area (Å²) in [6.45, 7) is 2.03. The first-order chi connectivity index (χ1) is 17.3. The number of nitro groups is 1. The van der Waals surface area contributed by atoms with Crippen LogP contribution in [-0.4, -0.2) is 26.7 Å². The zero-order valence-corrected chi connectivity index (χ0v) is 20.4. The van der Waals surface area contributed by atoms with Crippen LogP contribution in [0.25, 0.3) is 16.0 Å². The van der Waals surface area contributed by atoms with Crippen LogP contribution in [0.3, 0.4) is 0 Å². The number of thiazole rings is 1. The summed E-state index contributed by atoms with van der Waals surface area (Å²) in [7, 11) is 0. The van der Waals surface area contributed by atoms with Crippen LogP contribution in [0.1, 0.15) is 29.7 Å². The van der Waals surface area contributed by atoms with Gasteiger partial charge in [0.2, 0.25) is 0 Å². The van der Waals surface area contributed by atoms with Gasteiger partial charge in [-0.2, -0.15) is 0 Å². The van der Waals surface area contributed by atoms with Gasteiger partial charge < -0.3 is 5.11 Å². The minimum Gasteiger partial charge on any atom is -0.507 e. The lowest BCUT2D eigenvalue weighted by Gasteiger charge is -2.22. The number of aliphatic hydroxyl groups excluding tert-OH is 1. The Kier molecular flexibility index (Phi) is 6.03. The molecule has 180 valence electrons. The number of halogens is 1. The average Bonchev–Trinajstić information content (AvgIpc) is 3.41. The highest BCUT2D eigenvalue weighted by atomic mass is 35.5. The predicted molar refractivity (Wildman–Crippen MR) is 138 cm³/mol. The second kappa shape index (κ2) is 9.18. The maximum atomic E-state index is 13.3. The van der Waals surface area contributed by atoms with Crippen molar-refractivity contribution in [1.29, 1.82) is 0 Å². The molecule has 5 rings (SSSR count). The number of ketones is 1. The van der Waals surface area contributed by atoms with Crippen molar-refractivity contribution in [3.05, 3.63) is 104 Å². The van der Waals surface area contributed by atoms with E-state index < -0.39 is 22.7 Å². The molecule has 1 aliphatic heterocycles. The fourth-order valence-corrected chi connectivity index (χ4v) is 5.35. The molecule has 3 aromatic carbocycles. The number of aryl methyl sites for hydroxylation is 1. The number of carbonyl (C=O) groups excluding carboxylic acids is 2. The third-order valence-corrected chi connectivity index (χ3v) is 7.31. The first kappa shape index (κ1) is 23.7. The first-order valence-electron chi connectivity index (χ1n) is 11.0. The van der Waals surface area contributed by atoms with Gasteiger partial charge in [-0.1, -0.05) is 35.9 Å². The number of rotatable bonds is 5. The van der Waals surface area contributed by atoms with Crippen LogP contribution in [0.5, 0.6) is 0 Å². The normalized spacial score (nSPS) is 17.2. The van der Waals surface area contributed by atoms with E-state index in [4.69, 9.17) is 11.6 Å². The minimum absolute atomic E-state index is 0.135. The average molecular weight is 520 g/mol. The zero-order chi connectivity index (χ0) is 25.6. The molecule has 0 aliphatic carbocycles. The minimum atomic E-state index is -1.03. The Hall–Kier alpha value is -4.08. The second-order valence-electron chi connectivity index (χ2n) is 8.18. The number of aliphatic hydroxyl groups is 1. The number of aromatic nitrogens is 1. The van der Waals surface area contributed by atoms with Gasteiger partial charge in [0.1, 0.15) is 5.76 Å². The zero-order valence-electron chi connectivity index (χ0n) is 18.8. The summed E-state index contributed by atoms with van der Waals surface area (Å²) in [5, 5.41) is 23.1. The fraction of sp³-hybridized carbons (Fsp3) is 0.115. The molecule has 10 heteroatoms. The Balaban J connectivity index is 1.71. The molecular formula is C26H18ClN3O5S. The van der Waals surface area contributed by atoms with Gasteiger partial charge in [-0.15, -0.1) is 0 Å². The molecule has 0 spiro atoms. The van der Waals surface area contributed by atoms with Crippen molar-refractivity contribution in [2.45, 2.75) is 19.4 Å². The number of hydrogen-bond acceptors (Lipinski definition) is 7. The van der Waals surface area contributed by atoms with Crippen LogP contribution in [0.2, 0.25) is 5.02 Å². The molecule has 1 atom stereocenters. The highest BCUT2D eigenvalue weighted by Gasteiger charge is 2.48. The van der Waals surface area contributed by atoms with Crippen molar-refractivity contribution < 1.29 is 19.6 Å². The van der Waals surface area contributed by atoms with Crippen LogP contribution < -0.4 is 4.90 Å². The lowest BCUT2D eigenvalue weighted by Crippen LogP contribution is -2.29. The fourth-order valence-electron chi connectivity index (χ4n) is 4.17. The summed E-state index contributed by atoms with van der Waals surface area (Å²) in [6.07, 6.45) is 0.831. The van der Waals surface area contributed by atoms with E-state index in [9.17, 15) is 24.8 Å². The van der Waals surface area contributed by atoms with E-state index >= 15 is 0 Å². The van der Waals surface area contributed by atoms with Gasteiger partial charge in [-0.25, -0.2) is 4.98 Å². The van der Waals surface area contributed by atoms with E-state index in [1.165, 1.54) is 40.5 Å². The molecule has 1 unspecified atom stereocenters. The summed E-state index contributed by atoms with van der Waals surface area (Å²) < 4.78 is 0.853. The number of amides is 1. The molecule has 1 amide bonds. The Bertz CT molecular complexity index is 1560. The van der Waals surface area contributed by atoms with Crippen molar-refractivity contribution in [3.63, 3.8) is 0 Å². The molecule has 1 saturated heterocycles. The Morgan fingerprint density at radius 1 is 1.11 bits per heavy atom. The number of non-ortho nitro benzene ring substituents is 1. The Labute approximate surface area is 214 Å². The number of carbonyl (C=O) groups is 2. The van der Waals surface area contributed by atoms with Crippen molar-refractivity contribution in [3.8, 4) is 0 Å². The Morgan fingerprint density at radius 3 is 2.44 bits per heavy atom. The standard InChI is InChI=1S/C26H18ClN3O5S/c1-2-14-3-12-19-20(13-14)36-26(28-19)29-22(15-6-10-18(11-7-15)30(34)35)21(24(32)25(29)33)23(31)16-4-8-17(27)9-5-16/h3-13,22,31H,2H2,1H3/b23-21+. The number of anilines is 1. The van der Waals surface area contributed by atoms with Crippen LogP contribution in [-0.2, 0) is 16.0 Å². The topological polar surface area (TPSA) is 114 Å². The van der Waals surface area contributed by atoms with E-state index in [2.05, 4.69) is 4.98 Å². The van der Waals surface area contributed by atoms with Crippen LogP contribution in [0.4, 0.5) is 10.8 Å². The third kappa shape index (κ3) is 4.02. The maximum Gasteiger partial charge on any atom is 0.301 e. The second-order valence-corrected chi connectivity index (χ2v) is 9.62. The number of Topliss-reactive ketones (excluding diaryl/α,β-unsaturated/α-hetero) is 1. The molecule has 1 aromatic heterocycles. The molecule has 4 aromatic rings. The SMILES string of the molecule is CCc1ccc2nc(N3C(=O)C(=O)/C(=C(/O)c4ccc(Cl)cc4)C3c3ccc([N+](=O)[O-])cc3)sc2c1. The summed E-state index contributed by atoms with van der Waals surface area (Å²) in [5.41, 5.74) is 2.24. The van der Waals surface area contributed by atoms with E-state index in [1.54, 1.807) is 24.3 Å². The summed E-state index contributed by atoms with van der Waals surface area (Å²) in [5.74, 6) is -2.09. The molecule has 36 heavy (non-hydrogen) atoms. The molecule has 1 N–H and O–H groups in total. The number of benzene rings is 3. The van der Waals surface area contributed by atoms with E-state index in [1.807, 2.05) is 25.1 Å². The van der Waals surface area contributed by atoms with E-state index in [0.29, 0.717) is 26.8 Å². The lowest BCUT2D eigenvalue weighted by molar-refractivity contribution is -0.384. The van der Waals surface area contributed by atoms with Crippen molar-refractivity contribution in [1.82, 2.24) is 4.98 Å². The van der Waals surface area contributed by atoms with Gasteiger partial charge in [0, 0.05) is 22.7 Å². The monoisotopic (exact) mass is 519 g/mol. The quantitative estimate of drug-likeness (QED) is 0.113. The van der Waals surface area contributed by atoms with Gasteiger partial charge >= 0.3 is 5.91 Å². The third-order valence-electron chi connectivity index (χ3n) is 6.04. The van der Waals surface area contributed by atoms with Crippen LogP contribution >= 0.6 is 22.9 Å².